The number of anilines is 1. The van der Waals surface area contributed by atoms with Gasteiger partial charge in [0.1, 0.15) is 11.6 Å². The maximum Gasteiger partial charge on any atom is 0.206 e. The third kappa shape index (κ3) is 1.96. The van der Waals surface area contributed by atoms with Crippen molar-refractivity contribution in [2.75, 3.05) is 5.73 Å². The lowest BCUT2D eigenvalue weighted by molar-refractivity contribution is 0.589. The van der Waals surface area contributed by atoms with Gasteiger partial charge in [0.15, 0.2) is 0 Å². The largest absolute Gasteiger partial charge is 0.369 e. The quantitative estimate of drug-likeness (QED) is 0.683. The van der Waals surface area contributed by atoms with E-state index in [-0.39, 0.29) is 16.1 Å². The van der Waals surface area contributed by atoms with Crippen molar-refractivity contribution in [2.24, 2.45) is 0 Å². The molecule has 0 fully saturated rings. The van der Waals surface area contributed by atoms with Crippen molar-refractivity contribution in [3.05, 3.63) is 52.0 Å². The summed E-state index contributed by atoms with van der Waals surface area (Å²) in [5, 5.41) is 0. The Morgan fingerprint density at radius 3 is 2.65 bits per heavy atom. The van der Waals surface area contributed by atoms with Crippen LogP contribution in [0, 0.1) is 18.6 Å². The zero-order valence-electron chi connectivity index (χ0n) is 10.5. The fourth-order valence-electron chi connectivity index (χ4n) is 2.15. The molecule has 0 aliphatic rings. The van der Waals surface area contributed by atoms with Gasteiger partial charge in [-0.15, -0.1) is 0 Å². The smallest absolute Gasteiger partial charge is 0.206 e. The van der Waals surface area contributed by atoms with E-state index in [4.69, 9.17) is 5.73 Å². The Hall–Kier alpha value is -1.95. The SMILES string of the molecule is Cc1ccc2c(c1)nc(N)n2-c1cc(F)c(Br)cc1F. The Bertz CT molecular complexity index is 827. The van der Waals surface area contributed by atoms with E-state index >= 15 is 0 Å². The number of nitrogen functional groups attached to an aromatic ring is 1. The van der Waals surface area contributed by atoms with Gasteiger partial charge in [-0.1, -0.05) is 6.07 Å². The van der Waals surface area contributed by atoms with Crippen molar-refractivity contribution in [1.29, 1.82) is 0 Å². The highest BCUT2D eigenvalue weighted by Crippen LogP contribution is 2.28. The van der Waals surface area contributed by atoms with Crippen molar-refractivity contribution in [3.63, 3.8) is 0 Å². The summed E-state index contributed by atoms with van der Waals surface area (Å²) in [5.74, 6) is -1.02. The van der Waals surface area contributed by atoms with Crippen LogP contribution >= 0.6 is 15.9 Å². The normalized spacial score (nSPS) is 11.2. The Morgan fingerprint density at radius 1 is 1.15 bits per heavy atom. The number of rotatable bonds is 1. The van der Waals surface area contributed by atoms with Crippen molar-refractivity contribution in [2.45, 2.75) is 6.92 Å². The summed E-state index contributed by atoms with van der Waals surface area (Å²) in [7, 11) is 0. The van der Waals surface area contributed by atoms with Crippen molar-refractivity contribution in [1.82, 2.24) is 9.55 Å². The lowest BCUT2D eigenvalue weighted by Crippen LogP contribution is -2.04. The molecular formula is C14H10BrF2N3. The van der Waals surface area contributed by atoms with Crippen LogP contribution in [0.25, 0.3) is 16.7 Å². The fraction of sp³-hybridized carbons (Fsp3) is 0.0714. The minimum Gasteiger partial charge on any atom is -0.369 e. The van der Waals surface area contributed by atoms with Gasteiger partial charge >= 0.3 is 0 Å². The molecule has 2 N–H and O–H groups in total. The topological polar surface area (TPSA) is 43.8 Å². The van der Waals surface area contributed by atoms with Crippen molar-refractivity contribution < 1.29 is 8.78 Å². The second-order valence-corrected chi connectivity index (χ2v) is 5.37. The molecule has 102 valence electrons. The van der Waals surface area contributed by atoms with Gasteiger partial charge in [0.05, 0.1) is 21.2 Å². The zero-order chi connectivity index (χ0) is 14.4. The molecule has 3 aromatic rings. The van der Waals surface area contributed by atoms with E-state index in [0.29, 0.717) is 11.0 Å². The summed E-state index contributed by atoms with van der Waals surface area (Å²) < 4.78 is 29.2. The molecule has 20 heavy (non-hydrogen) atoms. The molecule has 1 aromatic heterocycles. The highest BCUT2D eigenvalue weighted by molar-refractivity contribution is 9.10. The highest BCUT2D eigenvalue weighted by atomic mass is 79.9. The first-order valence-corrected chi connectivity index (χ1v) is 6.66. The van der Waals surface area contributed by atoms with E-state index in [9.17, 15) is 8.78 Å². The number of benzene rings is 2. The summed E-state index contributed by atoms with van der Waals surface area (Å²) in [4.78, 5) is 4.18. The molecule has 0 radical (unpaired) electrons. The number of nitrogens with two attached hydrogens (primary N) is 1. The Kier molecular flexibility index (Phi) is 2.97. The number of halogens is 3. The summed E-state index contributed by atoms with van der Waals surface area (Å²) in [6.07, 6.45) is 0. The summed E-state index contributed by atoms with van der Waals surface area (Å²) in [6.45, 7) is 1.93. The molecule has 0 bridgehead atoms. The van der Waals surface area contributed by atoms with E-state index < -0.39 is 11.6 Å². The van der Waals surface area contributed by atoms with E-state index in [0.717, 1.165) is 17.7 Å². The molecular weight excluding hydrogens is 328 g/mol. The van der Waals surface area contributed by atoms with Crippen LogP contribution in [0.15, 0.2) is 34.8 Å². The minimum absolute atomic E-state index is 0.0366. The van der Waals surface area contributed by atoms with Crippen LogP contribution in [0.4, 0.5) is 14.7 Å². The molecule has 0 unspecified atom stereocenters. The van der Waals surface area contributed by atoms with Crippen LogP contribution < -0.4 is 5.73 Å². The number of nitrogens with zero attached hydrogens (tertiary/aromatic N) is 2. The molecule has 2 aromatic carbocycles. The highest BCUT2D eigenvalue weighted by Gasteiger charge is 2.16. The second-order valence-electron chi connectivity index (χ2n) is 4.52. The first kappa shape index (κ1) is 13.1. The third-order valence-corrected chi connectivity index (χ3v) is 3.67. The van der Waals surface area contributed by atoms with E-state index in [1.165, 1.54) is 4.57 Å². The fourth-order valence-corrected chi connectivity index (χ4v) is 2.46. The number of hydrogen-bond acceptors (Lipinski definition) is 2. The number of imidazole rings is 1. The predicted molar refractivity (Wildman–Crippen MR) is 77.8 cm³/mol. The summed E-state index contributed by atoms with van der Waals surface area (Å²) in [6, 6.07) is 7.66. The van der Waals surface area contributed by atoms with Crippen molar-refractivity contribution >= 4 is 32.9 Å². The Balaban J connectivity index is 2.35. The Labute approximate surface area is 122 Å². The molecule has 0 amide bonds. The van der Waals surface area contributed by atoms with Gasteiger partial charge in [-0.25, -0.2) is 13.8 Å². The monoisotopic (exact) mass is 337 g/mol. The summed E-state index contributed by atoms with van der Waals surface area (Å²) in [5.41, 5.74) is 8.18. The number of fused-ring (bicyclic) bond motifs is 1. The van der Waals surface area contributed by atoms with Crippen LogP contribution in [-0.4, -0.2) is 9.55 Å². The molecule has 0 atom stereocenters. The number of hydrogen-bond donors (Lipinski definition) is 1. The van der Waals surface area contributed by atoms with Crippen molar-refractivity contribution in [3.8, 4) is 5.69 Å². The van der Waals surface area contributed by atoms with Gasteiger partial charge in [0, 0.05) is 6.07 Å². The number of aryl methyl sites for hydroxylation is 1. The molecule has 0 aliphatic heterocycles. The lowest BCUT2D eigenvalue weighted by Gasteiger charge is -2.09. The molecule has 3 nitrogen and oxygen atoms in total. The predicted octanol–water partition coefficient (Wildman–Crippen LogP) is 3.96. The molecule has 0 saturated carbocycles. The van der Waals surface area contributed by atoms with Crippen LogP contribution in [0.3, 0.4) is 0 Å². The summed E-state index contributed by atoms with van der Waals surface area (Å²) >= 11 is 2.95. The first-order valence-electron chi connectivity index (χ1n) is 5.87. The van der Waals surface area contributed by atoms with Gasteiger partial charge in [-0.3, -0.25) is 4.57 Å². The van der Waals surface area contributed by atoms with Gasteiger partial charge in [0.2, 0.25) is 5.95 Å². The van der Waals surface area contributed by atoms with Crippen LogP contribution in [0.1, 0.15) is 5.56 Å². The van der Waals surface area contributed by atoms with E-state index in [2.05, 4.69) is 20.9 Å². The molecule has 3 rings (SSSR count). The zero-order valence-corrected chi connectivity index (χ0v) is 12.1. The van der Waals surface area contributed by atoms with Gasteiger partial charge in [-0.05, 0) is 46.6 Å². The first-order chi connectivity index (χ1) is 9.47. The second kappa shape index (κ2) is 4.56. The maximum atomic E-state index is 14.1. The average molecular weight is 338 g/mol. The molecule has 0 spiro atoms. The molecule has 1 heterocycles. The van der Waals surface area contributed by atoms with E-state index in [1.807, 2.05) is 19.1 Å². The third-order valence-electron chi connectivity index (χ3n) is 3.07. The number of aromatic nitrogens is 2. The van der Waals surface area contributed by atoms with Crippen LogP contribution in [0.5, 0.6) is 0 Å². The average Bonchev–Trinajstić information content (AvgIpc) is 2.69. The standard InChI is InChI=1S/C14H10BrF2N3/c1-7-2-3-12-11(4-7)19-14(18)20(12)13-6-9(16)8(15)5-10(13)17/h2-6H,1H3,(H2,18,19). The van der Waals surface area contributed by atoms with Gasteiger partial charge < -0.3 is 5.73 Å². The minimum atomic E-state index is -0.579. The molecule has 6 heteroatoms. The maximum absolute atomic E-state index is 14.1. The van der Waals surface area contributed by atoms with Crippen LogP contribution in [-0.2, 0) is 0 Å². The van der Waals surface area contributed by atoms with Crippen LogP contribution in [0.2, 0.25) is 0 Å². The lowest BCUT2D eigenvalue weighted by atomic mass is 10.2. The molecule has 0 aliphatic carbocycles. The Morgan fingerprint density at radius 2 is 1.90 bits per heavy atom. The van der Waals surface area contributed by atoms with Gasteiger partial charge in [0.25, 0.3) is 0 Å². The van der Waals surface area contributed by atoms with Gasteiger partial charge in [-0.2, -0.15) is 0 Å². The molecule has 0 saturated heterocycles. The van der Waals surface area contributed by atoms with E-state index in [1.54, 1.807) is 6.07 Å².